The minimum Gasteiger partial charge on any atom is -0.318 e. The summed E-state index contributed by atoms with van der Waals surface area (Å²) in [5, 5.41) is 8.31. The lowest BCUT2D eigenvalue weighted by atomic mass is 10.2. The van der Waals surface area contributed by atoms with E-state index >= 15 is 0 Å². The third-order valence-electron chi connectivity index (χ3n) is 4.38. The number of hydrogen-bond acceptors (Lipinski definition) is 3. The maximum absolute atomic E-state index is 12.8. The molecule has 3 aromatic carbocycles. The minimum atomic E-state index is -0.444. The van der Waals surface area contributed by atoms with Gasteiger partial charge in [-0.2, -0.15) is 0 Å². The molecule has 1 heterocycles. The van der Waals surface area contributed by atoms with Crippen molar-refractivity contribution in [3.63, 3.8) is 0 Å². The first kappa shape index (κ1) is 19.2. The fourth-order valence-electron chi connectivity index (χ4n) is 2.90. The van der Waals surface area contributed by atoms with E-state index in [0.29, 0.717) is 21.6 Å². The number of para-hydroxylation sites is 2. The van der Waals surface area contributed by atoms with Crippen LogP contribution in [0.4, 0.5) is 5.69 Å². The number of amides is 1. The fraction of sp³-hybridized carbons (Fsp3) is 0.0455. The molecule has 4 rings (SSSR count). The number of halogens is 2. The number of nitrogens with one attached hydrogen (secondary N) is 1. The van der Waals surface area contributed by atoms with Crippen LogP contribution in [-0.2, 0) is 0 Å². The Hall–Kier alpha value is -3.15. The van der Waals surface area contributed by atoms with Crippen molar-refractivity contribution in [3.8, 4) is 17.1 Å². The average molecular weight is 423 g/mol. The van der Waals surface area contributed by atoms with Gasteiger partial charge in [-0.05, 0) is 55.0 Å². The highest BCUT2D eigenvalue weighted by molar-refractivity contribution is 6.33. The molecule has 5 nitrogen and oxygen atoms in total. The van der Waals surface area contributed by atoms with Crippen molar-refractivity contribution in [2.24, 2.45) is 0 Å². The second kappa shape index (κ2) is 8.07. The molecule has 0 atom stereocenters. The second-order valence-electron chi connectivity index (χ2n) is 6.40. The summed E-state index contributed by atoms with van der Waals surface area (Å²) in [6, 6.07) is 22.0. The summed E-state index contributed by atoms with van der Waals surface area (Å²) in [4.78, 5) is 17.3. The van der Waals surface area contributed by atoms with E-state index < -0.39 is 5.91 Å². The molecule has 0 aliphatic heterocycles. The van der Waals surface area contributed by atoms with E-state index in [9.17, 15) is 4.79 Å². The van der Waals surface area contributed by atoms with Crippen LogP contribution in [0.5, 0.6) is 0 Å². The number of anilines is 1. The van der Waals surface area contributed by atoms with Crippen LogP contribution in [0.25, 0.3) is 17.1 Å². The van der Waals surface area contributed by atoms with Crippen molar-refractivity contribution in [3.05, 3.63) is 94.2 Å². The van der Waals surface area contributed by atoms with Crippen molar-refractivity contribution in [1.82, 2.24) is 14.8 Å². The van der Waals surface area contributed by atoms with Crippen LogP contribution in [0, 0.1) is 6.92 Å². The second-order valence-corrected chi connectivity index (χ2v) is 7.24. The largest absolute Gasteiger partial charge is 0.318 e. The van der Waals surface area contributed by atoms with Gasteiger partial charge in [0.1, 0.15) is 0 Å². The summed E-state index contributed by atoms with van der Waals surface area (Å²) in [6.07, 6.45) is 0. The Bertz CT molecular complexity index is 1190. The van der Waals surface area contributed by atoms with Gasteiger partial charge in [-0.25, -0.2) is 9.67 Å². The molecule has 1 aromatic heterocycles. The van der Waals surface area contributed by atoms with Gasteiger partial charge in [-0.15, -0.1) is 5.10 Å². The lowest BCUT2D eigenvalue weighted by Crippen LogP contribution is -2.14. The Kier molecular flexibility index (Phi) is 5.34. The van der Waals surface area contributed by atoms with Gasteiger partial charge in [-0.1, -0.05) is 53.5 Å². The monoisotopic (exact) mass is 422 g/mol. The minimum absolute atomic E-state index is 0.0399. The summed E-state index contributed by atoms with van der Waals surface area (Å²) in [6.45, 7) is 1.98. The quantitative estimate of drug-likeness (QED) is 0.451. The average Bonchev–Trinajstić information content (AvgIpc) is 3.16. The standard InChI is InChI=1S/C22H16Cl2N4O/c1-14-6-2-5-9-19(14)28-21(15-10-12-16(23)13-11-15)26-20(27-28)22(29)25-18-8-4-3-7-17(18)24/h2-13H,1H3,(H,25,29). The summed E-state index contributed by atoms with van der Waals surface area (Å²) < 4.78 is 1.67. The Morgan fingerprint density at radius 1 is 0.931 bits per heavy atom. The third-order valence-corrected chi connectivity index (χ3v) is 4.96. The Morgan fingerprint density at radius 2 is 1.62 bits per heavy atom. The fourth-order valence-corrected chi connectivity index (χ4v) is 3.21. The summed E-state index contributed by atoms with van der Waals surface area (Å²) in [5.74, 6) is 0.138. The van der Waals surface area contributed by atoms with Gasteiger partial charge in [-0.3, -0.25) is 4.79 Å². The molecule has 0 saturated carbocycles. The third kappa shape index (κ3) is 4.01. The molecule has 0 aliphatic rings. The number of hydrogen-bond donors (Lipinski definition) is 1. The molecule has 0 radical (unpaired) electrons. The van der Waals surface area contributed by atoms with Crippen LogP contribution in [0.15, 0.2) is 72.8 Å². The Balaban J connectivity index is 1.79. The van der Waals surface area contributed by atoms with Gasteiger partial charge in [0.2, 0.25) is 5.82 Å². The normalized spacial score (nSPS) is 10.7. The van der Waals surface area contributed by atoms with Crippen molar-refractivity contribution < 1.29 is 4.79 Å². The number of aryl methyl sites for hydroxylation is 1. The predicted molar refractivity (Wildman–Crippen MR) is 116 cm³/mol. The van der Waals surface area contributed by atoms with E-state index in [1.165, 1.54) is 0 Å². The Labute approximate surface area is 177 Å². The molecule has 0 fully saturated rings. The van der Waals surface area contributed by atoms with E-state index in [4.69, 9.17) is 23.2 Å². The molecule has 0 saturated heterocycles. The van der Waals surface area contributed by atoms with Crippen molar-refractivity contribution in [2.75, 3.05) is 5.32 Å². The van der Waals surface area contributed by atoms with Crippen molar-refractivity contribution in [2.45, 2.75) is 6.92 Å². The highest BCUT2D eigenvalue weighted by atomic mass is 35.5. The SMILES string of the molecule is Cc1ccccc1-n1nc(C(=O)Nc2ccccc2Cl)nc1-c1ccc(Cl)cc1. The molecule has 4 aromatic rings. The molecule has 0 bridgehead atoms. The lowest BCUT2D eigenvalue weighted by Gasteiger charge is -2.08. The van der Waals surface area contributed by atoms with Crippen molar-refractivity contribution in [1.29, 1.82) is 0 Å². The first-order chi connectivity index (χ1) is 14.0. The van der Waals surface area contributed by atoms with E-state index in [0.717, 1.165) is 16.8 Å². The molecule has 0 spiro atoms. The topological polar surface area (TPSA) is 59.8 Å². The van der Waals surface area contributed by atoms with Crippen LogP contribution < -0.4 is 5.32 Å². The maximum Gasteiger partial charge on any atom is 0.295 e. The van der Waals surface area contributed by atoms with Crippen LogP contribution in [-0.4, -0.2) is 20.7 Å². The molecule has 7 heteroatoms. The first-order valence-corrected chi connectivity index (χ1v) is 9.63. The zero-order valence-corrected chi connectivity index (χ0v) is 16.9. The predicted octanol–water partition coefficient (Wildman–Crippen LogP) is 5.80. The smallest absolute Gasteiger partial charge is 0.295 e. The van der Waals surface area contributed by atoms with Gasteiger partial charge in [0.15, 0.2) is 5.82 Å². The molecule has 0 unspecified atom stereocenters. The molecule has 1 amide bonds. The molecular formula is C22H16Cl2N4O. The van der Waals surface area contributed by atoms with Crippen LogP contribution in [0.3, 0.4) is 0 Å². The summed E-state index contributed by atoms with van der Waals surface area (Å²) in [7, 11) is 0. The van der Waals surface area contributed by atoms with E-state index in [-0.39, 0.29) is 5.82 Å². The molecule has 0 aliphatic carbocycles. The van der Waals surface area contributed by atoms with Gasteiger partial charge in [0, 0.05) is 10.6 Å². The molecular weight excluding hydrogens is 407 g/mol. The first-order valence-electron chi connectivity index (χ1n) is 8.88. The highest BCUT2D eigenvalue weighted by Gasteiger charge is 2.20. The van der Waals surface area contributed by atoms with Crippen LogP contribution in [0.2, 0.25) is 10.0 Å². The van der Waals surface area contributed by atoms with Crippen LogP contribution in [0.1, 0.15) is 16.2 Å². The zero-order chi connectivity index (χ0) is 20.4. The molecule has 1 N–H and O–H groups in total. The van der Waals surface area contributed by atoms with Gasteiger partial charge in [0.25, 0.3) is 5.91 Å². The number of aromatic nitrogens is 3. The van der Waals surface area contributed by atoms with E-state index in [1.54, 1.807) is 41.1 Å². The highest BCUT2D eigenvalue weighted by Crippen LogP contribution is 2.25. The lowest BCUT2D eigenvalue weighted by molar-refractivity contribution is 0.101. The van der Waals surface area contributed by atoms with Gasteiger partial charge >= 0.3 is 0 Å². The summed E-state index contributed by atoms with van der Waals surface area (Å²) >= 11 is 12.2. The van der Waals surface area contributed by atoms with E-state index in [2.05, 4.69) is 15.4 Å². The van der Waals surface area contributed by atoms with Gasteiger partial charge < -0.3 is 5.32 Å². The number of carbonyl (C=O) groups is 1. The number of nitrogens with zero attached hydrogens (tertiary/aromatic N) is 3. The molecule has 29 heavy (non-hydrogen) atoms. The van der Waals surface area contributed by atoms with Crippen molar-refractivity contribution >= 4 is 34.8 Å². The van der Waals surface area contributed by atoms with Crippen LogP contribution >= 0.6 is 23.2 Å². The van der Waals surface area contributed by atoms with E-state index in [1.807, 2.05) is 43.3 Å². The number of benzene rings is 3. The zero-order valence-electron chi connectivity index (χ0n) is 15.4. The maximum atomic E-state index is 12.8. The number of rotatable bonds is 4. The van der Waals surface area contributed by atoms with Gasteiger partial charge in [0.05, 0.1) is 16.4 Å². The Morgan fingerprint density at radius 3 is 2.34 bits per heavy atom. The number of carbonyl (C=O) groups excluding carboxylic acids is 1. The summed E-state index contributed by atoms with van der Waals surface area (Å²) in [5.41, 5.74) is 3.13. The molecule has 144 valence electrons.